The van der Waals surface area contributed by atoms with Gasteiger partial charge in [0.1, 0.15) is 0 Å². The molecule has 0 amide bonds. The van der Waals surface area contributed by atoms with Crippen LogP contribution >= 0.6 is 0 Å². The lowest BCUT2D eigenvalue weighted by molar-refractivity contribution is 0.118. The zero-order valence-electron chi connectivity index (χ0n) is 8.61. The van der Waals surface area contributed by atoms with Crippen LogP contribution in [0.5, 0.6) is 0 Å². The third kappa shape index (κ3) is 2.43. The molecule has 0 N–H and O–H groups in total. The summed E-state index contributed by atoms with van der Waals surface area (Å²) < 4.78 is 37.6. The van der Waals surface area contributed by atoms with Crippen LogP contribution in [0.4, 0.5) is 19.0 Å². The summed E-state index contributed by atoms with van der Waals surface area (Å²) in [7, 11) is 0. The molecule has 1 atom stereocenters. The van der Waals surface area contributed by atoms with Crippen LogP contribution in [0.25, 0.3) is 0 Å². The molecule has 0 radical (unpaired) electrons. The Morgan fingerprint density at radius 2 is 2.12 bits per heavy atom. The van der Waals surface area contributed by atoms with Crippen molar-refractivity contribution in [3.8, 4) is 0 Å². The number of aromatic nitrogens is 2. The van der Waals surface area contributed by atoms with Crippen LogP contribution in [0.3, 0.4) is 0 Å². The highest BCUT2D eigenvalue weighted by atomic mass is 19.3. The van der Waals surface area contributed by atoms with Crippen LogP contribution in [0, 0.1) is 11.9 Å². The van der Waals surface area contributed by atoms with Gasteiger partial charge in [0.25, 0.3) is 5.95 Å². The van der Waals surface area contributed by atoms with Gasteiger partial charge in [-0.1, -0.05) is 0 Å². The lowest BCUT2D eigenvalue weighted by atomic mass is 10.1. The second kappa shape index (κ2) is 4.67. The lowest BCUT2D eigenvalue weighted by Crippen LogP contribution is -2.22. The maximum atomic E-state index is 13.3. The fourth-order valence-corrected chi connectivity index (χ4v) is 2.00. The standard InChI is InChI=1S/C10H12F3N3/c11-8(12)5-7-1-4-16(6-7)10-9(13)14-2-3-15-10/h2-3,7-8H,1,4-6H2. The molecule has 16 heavy (non-hydrogen) atoms. The topological polar surface area (TPSA) is 29.0 Å². The van der Waals surface area contributed by atoms with Gasteiger partial charge in [0.15, 0.2) is 5.82 Å². The zero-order chi connectivity index (χ0) is 11.5. The summed E-state index contributed by atoms with van der Waals surface area (Å²) >= 11 is 0. The normalized spacial score (nSPS) is 20.8. The Bertz CT molecular complexity index is 359. The van der Waals surface area contributed by atoms with Crippen molar-refractivity contribution in [1.29, 1.82) is 0 Å². The molecule has 1 unspecified atom stereocenters. The molecule has 1 aromatic rings. The Morgan fingerprint density at radius 3 is 2.81 bits per heavy atom. The number of nitrogens with zero attached hydrogens (tertiary/aromatic N) is 3. The van der Waals surface area contributed by atoms with E-state index in [0.29, 0.717) is 19.5 Å². The molecule has 3 nitrogen and oxygen atoms in total. The number of hydrogen-bond acceptors (Lipinski definition) is 3. The number of alkyl halides is 2. The van der Waals surface area contributed by atoms with Crippen molar-refractivity contribution in [3.05, 3.63) is 18.3 Å². The van der Waals surface area contributed by atoms with Gasteiger partial charge in [-0.3, -0.25) is 0 Å². The first kappa shape index (κ1) is 11.2. The predicted molar refractivity (Wildman–Crippen MR) is 52.9 cm³/mol. The Morgan fingerprint density at radius 1 is 1.38 bits per heavy atom. The van der Waals surface area contributed by atoms with Gasteiger partial charge in [-0.05, 0) is 12.3 Å². The summed E-state index contributed by atoms with van der Waals surface area (Å²) in [6.07, 6.45) is 0.903. The summed E-state index contributed by atoms with van der Waals surface area (Å²) in [5.41, 5.74) is 0. The Labute approximate surface area is 91.3 Å². The van der Waals surface area contributed by atoms with E-state index in [9.17, 15) is 13.2 Å². The molecule has 0 aliphatic carbocycles. The van der Waals surface area contributed by atoms with Crippen LogP contribution in [0.1, 0.15) is 12.8 Å². The van der Waals surface area contributed by atoms with Crippen LogP contribution in [-0.4, -0.2) is 29.5 Å². The van der Waals surface area contributed by atoms with Crippen LogP contribution in [-0.2, 0) is 0 Å². The first-order valence-electron chi connectivity index (χ1n) is 5.16. The van der Waals surface area contributed by atoms with Crippen molar-refractivity contribution < 1.29 is 13.2 Å². The summed E-state index contributed by atoms with van der Waals surface area (Å²) in [4.78, 5) is 9.04. The summed E-state index contributed by atoms with van der Waals surface area (Å²) in [5.74, 6) is -0.555. The SMILES string of the molecule is Fc1nccnc1N1CCC(CC(F)F)C1. The summed E-state index contributed by atoms with van der Waals surface area (Å²) in [5, 5.41) is 0. The van der Waals surface area contributed by atoms with Crippen molar-refractivity contribution in [2.45, 2.75) is 19.3 Å². The minimum atomic E-state index is -2.29. The minimum absolute atomic E-state index is 0.0820. The van der Waals surface area contributed by atoms with E-state index in [2.05, 4.69) is 9.97 Å². The quantitative estimate of drug-likeness (QED) is 0.797. The number of halogens is 3. The summed E-state index contributed by atoms with van der Waals surface area (Å²) in [6.45, 7) is 0.993. The second-order valence-corrected chi connectivity index (χ2v) is 3.90. The lowest BCUT2D eigenvalue weighted by Gasteiger charge is -2.17. The van der Waals surface area contributed by atoms with E-state index < -0.39 is 12.4 Å². The maximum absolute atomic E-state index is 13.3. The van der Waals surface area contributed by atoms with E-state index in [0.717, 1.165) is 0 Å². The van der Waals surface area contributed by atoms with Crippen LogP contribution in [0.2, 0.25) is 0 Å². The molecule has 0 aromatic carbocycles. The van der Waals surface area contributed by atoms with E-state index in [4.69, 9.17) is 0 Å². The molecule has 1 fully saturated rings. The van der Waals surface area contributed by atoms with Crippen LogP contribution < -0.4 is 4.90 Å². The van der Waals surface area contributed by atoms with Crippen molar-refractivity contribution in [3.63, 3.8) is 0 Å². The third-order valence-electron chi connectivity index (χ3n) is 2.73. The monoisotopic (exact) mass is 231 g/mol. The van der Waals surface area contributed by atoms with E-state index in [-0.39, 0.29) is 18.2 Å². The highest BCUT2D eigenvalue weighted by Crippen LogP contribution is 2.26. The van der Waals surface area contributed by atoms with Gasteiger partial charge >= 0.3 is 0 Å². The largest absolute Gasteiger partial charge is 0.353 e. The van der Waals surface area contributed by atoms with Gasteiger partial charge in [0, 0.05) is 31.9 Å². The molecule has 1 saturated heterocycles. The van der Waals surface area contributed by atoms with E-state index in [1.165, 1.54) is 12.4 Å². The van der Waals surface area contributed by atoms with Crippen LogP contribution in [0.15, 0.2) is 12.4 Å². The van der Waals surface area contributed by atoms with Crippen molar-refractivity contribution in [2.75, 3.05) is 18.0 Å². The average Bonchev–Trinajstić information content (AvgIpc) is 2.66. The molecule has 0 bridgehead atoms. The van der Waals surface area contributed by atoms with Gasteiger partial charge < -0.3 is 4.90 Å². The average molecular weight is 231 g/mol. The van der Waals surface area contributed by atoms with E-state index in [1.54, 1.807) is 4.90 Å². The highest BCUT2D eigenvalue weighted by molar-refractivity contribution is 5.37. The first-order valence-corrected chi connectivity index (χ1v) is 5.16. The molecule has 1 aromatic heterocycles. The molecule has 2 heterocycles. The Hall–Kier alpha value is -1.33. The minimum Gasteiger partial charge on any atom is -0.353 e. The molecular formula is C10H12F3N3. The van der Waals surface area contributed by atoms with Gasteiger partial charge in [-0.25, -0.2) is 18.7 Å². The van der Waals surface area contributed by atoms with Crippen molar-refractivity contribution >= 4 is 5.82 Å². The smallest absolute Gasteiger partial charge is 0.255 e. The second-order valence-electron chi connectivity index (χ2n) is 3.90. The molecule has 0 saturated carbocycles. The molecule has 0 spiro atoms. The highest BCUT2D eigenvalue weighted by Gasteiger charge is 2.27. The van der Waals surface area contributed by atoms with Crippen molar-refractivity contribution in [2.24, 2.45) is 5.92 Å². The number of hydrogen-bond donors (Lipinski definition) is 0. The van der Waals surface area contributed by atoms with Gasteiger partial charge in [-0.15, -0.1) is 0 Å². The molecule has 88 valence electrons. The first-order chi connectivity index (χ1) is 7.66. The molecule has 1 aliphatic heterocycles. The maximum Gasteiger partial charge on any atom is 0.255 e. The third-order valence-corrected chi connectivity index (χ3v) is 2.73. The fraction of sp³-hybridized carbons (Fsp3) is 0.600. The molecule has 1 aliphatic rings. The number of rotatable bonds is 3. The van der Waals surface area contributed by atoms with Gasteiger partial charge in [0.2, 0.25) is 6.43 Å². The summed E-state index contributed by atoms with van der Waals surface area (Å²) in [6, 6.07) is 0. The fourth-order valence-electron chi connectivity index (χ4n) is 2.00. The molecule has 6 heteroatoms. The molecular weight excluding hydrogens is 219 g/mol. The number of anilines is 1. The predicted octanol–water partition coefficient (Wildman–Crippen LogP) is 2.10. The van der Waals surface area contributed by atoms with Gasteiger partial charge in [0.05, 0.1) is 0 Å². The molecule has 2 rings (SSSR count). The van der Waals surface area contributed by atoms with E-state index in [1.807, 2.05) is 0 Å². The van der Waals surface area contributed by atoms with Gasteiger partial charge in [-0.2, -0.15) is 4.39 Å². The van der Waals surface area contributed by atoms with Crippen molar-refractivity contribution in [1.82, 2.24) is 9.97 Å². The van der Waals surface area contributed by atoms with E-state index >= 15 is 0 Å². The zero-order valence-corrected chi connectivity index (χ0v) is 8.61. The Kier molecular flexibility index (Phi) is 3.26. The Balaban J connectivity index is 2.01.